The van der Waals surface area contributed by atoms with Crippen molar-refractivity contribution >= 4 is 29.6 Å². The first-order valence-electron chi connectivity index (χ1n) is 5.03. The molecule has 17 heavy (non-hydrogen) atoms. The number of ketones is 1. The Morgan fingerprint density at radius 2 is 1.82 bits per heavy atom. The van der Waals surface area contributed by atoms with Gasteiger partial charge in [-0.1, -0.05) is 12.1 Å². The smallest absolute Gasteiger partial charge is 0.341 e. The number of Topliss-reactive ketones (excluding diaryl/α,β-unsaturated/α-hetero) is 1. The number of hydrogen-bond acceptors (Lipinski definition) is 4. The van der Waals surface area contributed by atoms with Crippen molar-refractivity contribution in [3.8, 4) is 0 Å². The van der Waals surface area contributed by atoms with Crippen LogP contribution in [0.3, 0.4) is 0 Å². The summed E-state index contributed by atoms with van der Waals surface area (Å²) in [5, 5.41) is 0. The Morgan fingerprint density at radius 3 is 2.24 bits per heavy atom. The summed E-state index contributed by atoms with van der Waals surface area (Å²) in [6.45, 7) is 1.35. The van der Waals surface area contributed by atoms with E-state index >= 15 is 0 Å². The van der Waals surface area contributed by atoms with E-state index in [0.717, 1.165) is 10.5 Å². The summed E-state index contributed by atoms with van der Waals surface area (Å²) in [6, 6.07) is 7.59. The van der Waals surface area contributed by atoms with Gasteiger partial charge in [-0.15, -0.1) is 11.8 Å². The van der Waals surface area contributed by atoms with Crippen LogP contribution >= 0.6 is 11.8 Å². The maximum absolute atomic E-state index is 11.4. The molecule has 0 atom stereocenters. The van der Waals surface area contributed by atoms with Crippen molar-refractivity contribution in [2.24, 2.45) is 0 Å². The van der Waals surface area contributed by atoms with E-state index in [-0.39, 0.29) is 11.4 Å². The third-order valence-corrected chi connectivity index (χ3v) is 2.95. The Kier molecular flexibility index (Phi) is 4.97. The first-order valence-corrected chi connectivity index (χ1v) is 6.26. The van der Waals surface area contributed by atoms with Gasteiger partial charge in [0.15, 0.2) is 5.78 Å². The van der Waals surface area contributed by atoms with Crippen LogP contribution in [0.25, 0.3) is 6.08 Å². The highest BCUT2D eigenvalue weighted by Crippen LogP contribution is 2.17. The molecule has 0 spiro atoms. The normalized spacial score (nSPS) is 11.1. The first kappa shape index (κ1) is 13.5. The fraction of sp³-hybridized carbons (Fsp3) is 0.231. The molecular weight excluding hydrogens is 236 g/mol. The van der Waals surface area contributed by atoms with Crippen molar-refractivity contribution in [1.29, 1.82) is 0 Å². The van der Waals surface area contributed by atoms with E-state index < -0.39 is 5.97 Å². The number of carbonyl (C=O) groups excluding carboxylic acids is 2. The number of esters is 1. The van der Waals surface area contributed by atoms with Gasteiger partial charge in [0.2, 0.25) is 0 Å². The molecule has 0 amide bonds. The highest BCUT2D eigenvalue weighted by molar-refractivity contribution is 7.98. The zero-order valence-corrected chi connectivity index (χ0v) is 10.8. The Bertz CT molecular complexity index is 446. The fourth-order valence-corrected chi connectivity index (χ4v) is 1.69. The molecule has 1 rings (SSSR count). The molecule has 0 fully saturated rings. The lowest BCUT2D eigenvalue weighted by Gasteiger charge is -2.02. The largest absolute Gasteiger partial charge is 0.465 e. The van der Waals surface area contributed by atoms with Crippen molar-refractivity contribution in [3.05, 3.63) is 35.4 Å². The van der Waals surface area contributed by atoms with Crippen LogP contribution in [0.4, 0.5) is 0 Å². The number of carbonyl (C=O) groups is 2. The monoisotopic (exact) mass is 250 g/mol. The average Bonchev–Trinajstić information content (AvgIpc) is 2.35. The predicted molar refractivity (Wildman–Crippen MR) is 68.9 cm³/mol. The van der Waals surface area contributed by atoms with Crippen molar-refractivity contribution in [2.75, 3.05) is 13.4 Å². The molecule has 0 unspecified atom stereocenters. The maximum atomic E-state index is 11.4. The molecule has 1 aromatic rings. The summed E-state index contributed by atoms with van der Waals surface area (Å²) < 4.78 is 4.56. The Hall–Kier alpha value is -1.55. The summed E-state index contributed by atoms with van der Waals surface area (Å²) in [5.41, 5.74) is 0.864. The van der Waals surface area contributed by atoms with Crippen LogP contribution in [0, 0.1) is 0 Å². The van der Waals surface area contributed by atoms with E-state index in [0.29, 0.717) is 0 Å². The summed E-state index contributed by atoms with van der Waals surface area (Å²) in [6.07, 6.45) is 3.53. The third kappa shape index (κ3) is 3.75. The number of benzene rings is 1. The molecule has 0 bridgehead atoms. The molecule has 90 valence electrons. The van der Waals surface area contributed by atoms with E-state index in [1.807, 2.05) is 30.5 Å². The standard InChI is InChI=1S/C13H14O3S/c1-9(14)12(13(15)16-2)8-10-4-6-11(17-3)7-5-10/h4-8H,1-3H3/b12-8-. The number of rotatable bonds is 4. The highest BCUT2D eigenvalue weighted by atomic mass is 32.2. The number of methoxy groups -OCH3 is 1. The summed E-state index contributed by atoms with van der Waals surface area (Å²) >= 11 is 1.63. The zero-order chi connectivity index (χ0) is 12.8. The number of thioether (sulfide) groups is 1. The van der Waals surface area contributed by atoms with Gasteiger partial charge in [0.25, 0.3) is 0 Å². The number of hydrogen-bond donors (Lipinski definition) is 0. The predicted octanol–water partition coefficient (Wildman–Crippen LogP) is 2.55. The van der Waals surface area contributed by atoms with Gasteiger partial charge < -0.3 is 4.74 Å². The van der Waals surface area contributed by atoms with Gasteiger partial charge in [-0.3, -0.25) is 4.79 Å². The Morgan fingerprint density at radius 1 is 1.24 bits per heavy atom. The SMILES string of the molecule is COC(=O)/C(=C\c1ccc(SC)cc1)C(C)=O. The van der Waals surface area contributed by atoms with E-state index in [2.05, 4.69) is 4.74 Å². The second-order valence-corrected chi connectivity index (χ2v) is 4.26. The van der Waals surface area contributed by atoms with Gasteiger partial charge in [0, 0.05) is 4.90 Å². The molecule has 0 N–H and O–H groups in total. The van der Waals surface area contributed by atoms with Crippen LogP contribution in [-0.2, 0) is 14.3 Å². The molecule has 0 saturated heterocycles. The molecule has 3 nitrogen and oxygen atoms in total. The zero-order valence-electron chi connectivity index (χ0n) is 10.0. The van der Waals surface area contributed by atoms with Crippen LogP contribution in [0.1, 0.15) is 12.5 Å². The average molecular weight is 250 g/mol. The quantitative estimate of drug-likeness (QED) is 0.271. The highest BCUT2D eigenvalue weighted by Gasteiger charge is 2.14. The lowest BCUT2D eigenvalue weighted by Crippen LogP contribution is -2.11. The molecule has 0 saturated carbocycles. The lowest BCUT2D eigenvalue weighted by atomic mass is 10.1. The van der Waals surface area contributed by atoms with Crippen molar-refractivity contribution in [3.63, 3.8) is 0 Å². The summed E-state index contributed by atoms with van der Waals surface area (Å²) in [4.78, 5) is 23.8. The second-order valence-electron chi connectivity index (χ2n) is 3.38. The van der Waals surface area contributed by atoms with E-state index in [1.165, 1.54) is 20.1 Å². The van der Waals surface area contributed by atoms with Gasteiger partial charge in [0.1, 0.15) is 5.57 Å². The topological polar surface area (TPSA) is 43.4 Å². The molecule has 0 aliphatic carbocycles. The minimum absolute atomic E-state index is 0.0596. The van der Waals surface area contributed by atoms with Crippen LogP contribution in [0.15, 0.2) is 34.7 Å². The second kappa shape index (κ2) is 6.25. The van der Waals surface area contributed by atoms with Gasteiger partial charge in [-0.25, -0.2) is 4.79 Å². The fourth-order valence-electron chi connectivity index (χ4n) is 1.28. The molecule has 0 radical (unpaired) electrons. The molecular formula is C13H14O3S. The molecule has 0 heterocycles. The van der Waals surface area contributed by atoms with E-state index in [1.54, 1.807) is 11.8 Å². The maximum Gasteiger partial charge on any atom is 0.341 e. The lowest BCUT2D eigenvalue weighted by molar-refractivity contribution is -0.137. The minimum Gasteiger partial charge on any atom is -0.465 e. The van der Waals surface area contributed by atoms with Gasteiger partial charge in [0.05, 0.1) is 7.11 Å². The van der Waals surface area contributed by atoms with Crippen molar-refractivity contribution in [2.45, 2.75) is 11.8 Å². The third-order valence-electron chi connectivity index (χ3n) is 2.21. The van der Waals surface area contributed by atoms with Gasteiger partial charge >= 0.3 is 5.97 Å². The number of ether oxygens (including phenoxy) is 1. The van der Waals surface area contributed by atoms with Crippen molar-refractivity contribution in [1.82, 2.24) is 0 Å². The Balaban J connectivity index is 3.04. The first-order chi connectivity index (χ1) is 8.08. The molecule has 4 heteroatoms. The van der Waals surface area contributed by atoms with Crippen molar-refractivity contribution < 1.29 is 14.3 Å². The van der Waals surface area contributed by atoms with Gasteiger partial charge in [-0.05, 0) is 37.0 Å². The van der Waals surface area contributed by atoms with E-state index in [4.69, 9.17) is 0 Å². The molecule has 1 aromatic carbocycles. The van der Waals surface area contributed by atoms with Crippen LogP contribution in [0.5, 0.6) is 0 Å². The van der Waals surface area contributed by atoms with Crippen LogP contribution in [0.2, 0.25) is 0 Å². The van der Waals surface area contributed by atoms with Crippen LogP contribution in [-0.4, -0.2) is 25.1 Å². The molecule has 0 aromatic heterocycles. The minimum atomic E-state index is -0.605. The molecule has 0 aliphatic heterocycles. The van der Waals surface area contributed by atoms with Gasteiger partial charge in [-0.2, -0.15) is 0 Å². The molecule has 0 aliphatic rings. The van der Waals surface area contributed by atoms with Crippen LogP contribution < -0.4 is 0 Å². The summed E-state index contributed by atoms with van der Waals surface area (Å²) in [5.74, 6) is -0.905. The van der Waals surface area contributed by atoms with E-state index in [9.17, 15) is 9.59 Å². The summed E-state index contributed by atoms with van der Waals surface area (Å²) in [7, 11) is 1.26. The Labute approximate surface area is 105 Å².